The van der Waals surface area contributed by atoms with E-state index in [9.17, 15) is 5.26 Å². The molecule has 4 nitrogen and oxygen atoms in total. The summed E-state index contributed by atoms with van der Waals surface area (Å²) in [5.74, 6) is 0.520. The van der Waals surface area contributed by atoms with Gasteiger partial charge in [-0.15, -0.1) is 0 Å². The highest BCUT2D eigenvalue weighted by molar-refractivity contribution is 6.30. The number of rotatable bonds is 2. The molecule has 2 heterocycles. The first-order valence-electron chi connectivity index (χ1n) is 7.77. The van der Waals surface area contributed by atoms with E-state index in [0.29, 0.717) is 16.3 Å². The molecule has 1 atom stereocenters. The molecule has 0 aliphatic carbocycles. The number of nitrogens with zero attached hydrogens (tertiary/aromatic N) is 2. The largest absolute Gasteiger partial charge is 0.440 e. The zero-order valence-electron chi connectivity index (χ0n) is 13.2. The molecule has 5 heteroatoms. The third-order valence-corrected chi connectivity index (χ3v) is 4.56. The van der Waals surface area contributed by atoms with Crippen molar-refractivity contribution < 1.29 is 4.74 Å². The maximum absolute atomic E-state index is 9.58. The van der Waals surface area contributed by atoms with E-state index in [4.69, 9.17) is 22.1 Å². The fourth-order valence-corrected chi connectivity index (χ4v) is 3.24. The van der Waals surface area contributed by atoms with E-state index >= 15 is 0 Å². The summed E-state index contributed by atoms with van der Waals surface area (Å²) in [6.45, 7) is 0. The van der Waals surface area contributed by atoms with Gasteiger partial charge < -0.3 is 15.0 Å². The Bertz CT molecular complexity index is 998. The summed E-state index contributed by atoms with van der Waals surface area (Å²) in [4.78, 5) is 0. The van der Waals surface area contributed by atoms with Crippen LogP contribution < -0.4 is 10.5 Å². The molecule has 0 radical (unpaired) electrons. The number of hydrogen-bond donors (Lipinski definition) is 1. The van der Waals surface area contributed by atoms with E-state index in [1.54, 1.807) is 0 Å². The minimum Gasteiger partial charge on any atom is -0.440 e. The lowest BCUT2D eigenvalue weighted by Gasteiger charge is -2.27. The van der Waals surface area contributed by atoms with Gasteiger partial charge in [0.2, 0.25) is 5.88 Å². The summed E-state index contributed by atoms with van der Waals surface area (Å²) in [5.41, 5.74) is 9.26. The molecule has 2 aromatic carbocycles. The lowest BCUT2D eigenvalue weighted by atomic mass is 9.83. The summed E-state index contributed by atoms with van der Waals surface area (Å²) in [6, 6.07) is 19.5. The molecule has 0 amide bonds. The Labute approximate surface area is 150 Å². The number of nitrogens with two attached hydrogens (primary N) is 1. The van der Waals surface area contributed by atoms with Crippen LogP contribution in [0.2, 0.25) is 5.02 Å². The van der Waals surface area contributed by atoms with Gasteiger partial charge in [0.1, 0.15) is 17.4 Å². The Kier molecular flexibility index (Phi) is 3.72. The van der Waals surface area contributed by atoms with Crippen LogP contribution >= 0.6 is 11.6 Å². The van der Waals surface area contributed by atoms with Crippen molar-refractivity contribution >= 4 is 11.6 Å². The van der Waals surface area contributed by atoms with Gasteiger partial charge in [-0.05, 0) is 35.9 Å². The van der Waals surface area contributed by atoms with Crippen molar-refractivity contribution in [3.05, 3.63) is 94.6 Å². The molecule has 1 aromatic heterocycles. The fraction of sp³-hybridized carbons (Fsp3) is 0.0500. The second-order valence-electron chi connectivity index (χ2n) is 5.79. The van der Waals surface area contributed by atoms with Gasteiger partial charge in [-0.3, -0.25) is 0 Å². The molecule has 0 saturated heterocycles. The van der Waals surface area contributed by atoms with Gasteiger partial charge in [0.15, 0.2) is 0 Å². The summed E-state index contributed by atoms with van der Waals surface area (Å²) >= 11 is 6.00. The Morgan fingerprint density at radius 2 is 1.80 bits per heavy atom. The summed E-state index contributed by atoms with van der Waals surface area (Å²) in [5, 5.41) is 10.2. The number of hydrogen-bond acceptors (Lipinski definition) is 3. The molecule has 1 unspecified atom stereocenters. The number of fused-ring (bicyclic) bond motifs is 1. The van der Waals surface area contributed by atoms with Crippen molar-refractivity contribution in [2.24, 2.45) is 5.73 Å². The highest BCUT2D eigenvalue weighted by Gasteiger charge is 2.30. The molecule has 2 N–H and O–H groups in total. The third kappa shape index (κ3) is 2.65. The first-order valence-corrected chi connectivity index (χ1v) is 8.15. The van der Waals surface area contributed by atoms with E-state index in [-0.39, 0.29) is 11.8 Å². The minimum atomic E-state index is -0.273. The maximum atomic E-state index is 9.58. The number of halogens is 1. The van der Waals surface area contributed by atoms with Crippen LogP contribution in [0.1, 0.15) is 17.0 Å². The van der Waals surface area contributed by atoms with Gasteiger partial charge in [-0.25, -0.2) is 0 Å². The molecule has 0 saturated carbocycles. The topological polar surface area (TPSA) is 64.0 Å². The lowest BCUT2D eigenvalue weighted by Crippen LogP contribution is -2.21. The summed E-state index contributed by atoms with van der Waals surface area (Å²) in [7, 11) is 0. The van der Waals surface area contributed by atoms with Crippen molar-refractivity contribution in [1.29, 1.82) is 5.26 Å². The molecule has 3 aromatic rings. The van der Waals surface area contributed by atoms with Crippen LogP contribution in [0.4, 0.5) is 0 Å². The smallest absolute Gasteiger partial charge is 0.205 e. The highest BCUT2D eigenvalue weighted by Crippen LogP contribution is 2.42. The molecular weight excluding hydrogens is 334 g/mol. The molecule has 0 fully saturated rings. The number of ether oxygens (including phenoxy) is 1. The van der Waals surface area contributed by atoms with E-state index in [2.05, 4.69) is 6.07 Å². The molecular formula is C20H14ClN3O. The predicted octanol–water partition coefficient (Wildman–Crippen LogP) is 4.35. The van der Waals surface area contributed by atoms with Crippen LogP contribution in [0.3, 0.4) is 0 Å². The molecule has 0 spiro atoms. The van der Waals surface area contributed by atoms with Gasteiger partial charge in [-0.2, -0.15) is 5.26 Å². The highest BCUT2D eigenvalue weighted by atomic mass is 35.5. The van der Waals surface area contributed by atoms with Crippen molar-refractivity contribution in [2.75, 3.05) is 0 Å². The predicted molar refractivity (Wildman–Crippen MR) is 96.5 cm³/mol. The van der Waals surface area contributed by atoms with Crippen molar-refractivity contribution in [1.82, 2.24) is 4.57 Å². The fourth-order valence-electron chi connectivity index (χ4n) is 3.11. The number of benzene rings is 2. The standard InChI is InChI=1S/C20H14ClN3O/c21-14-5-3-13(4-6-14)19-16-8-7-15(24-9-1-2-10-24)11-18(16)25-20(23)17(19)12-22/h1-11,19H,23H2. The number of nitriles is 1. The Morgan fingerprint density at radius 1 is 1.08 bits per heavy atom. The van der Waals surface area contributed by atoms with Crippen molar-refractivity contribution in [3.8, 4) is 17.5 Å². The van der Waals surface area contributed by atoms with Crippen molar-refractivity contribution in [3.63, 3.8) is 0 Å². The molecule has 1 aliphatic rings. The molecule has 122 valence electrons. The van der Waals surface area contributed by atoms with Crippen LogP contribution in [0, 0.1) is 11.3 Å². The van der Waals surface area contributed by atoms with E-state index in [0.717, 1.165) is 16.8 Å². The quantitative estimate of drug-likeness (QED) is 0.749. The second kappa shape index (κ2) is 6.04. The SMILES string of the molecule is N#CC1=C(N)Oc2cc(-n3cccc3)ccc2C1c1ccc(Cl)cc1. The second-order valence-corrected chi connectivity index (χ2v) is 6.23. The van der Waals surface area contributed by atoms with Crippen LogP contribution in [0.5, 0.6) is 5.75 Å². The number of aromatic nitrogens is 1. The minimum absolute atomic E-state index is 0.139. The average Bonchev–Trinajstić information content (AvgIpc) is 3.15. The normalized spacial score (nSPS) is 16.1. The first-order chi connectivity index (χ1) is 12.2. The monoisotopic (exact) mass is 347 g/mol. The molecule has 1 aliphatic heterocycles. The maximum Gasteiger partial charge on any atom is 0.205 e. The van der Waals surface area contributed by atoms with E-state index in [1.807, 2.05) is 71.6 Å². The summed E-state index contributed by atoms with van der Waals surface area (Å²) < 4.78 is 7.73. The Balaban J connectivity index is 1.86. The third-order valence-electron chi connectivity index (χ3n) is 4.31. The lowest BCUT2D eigenvalue weighted by molar-refractivity contribution is 0.393. The van der Waals surface area contributed by atoms with Gasteiger partial charge in [-0.1, -0.05) is 29.8 Å². The molecule has 4 rings (SSSR count). The zero-order valence-corrected chi connectivity index (χ0v) is 13.9. The van der Waals surface area contributed by atoms with Gasteiger partial charge in [0.05, 0.1) is 5.92 Å². The molecule has 25 heavy (non-hydrogen) atoms. The van der Waals surface area contributed by atoms with Gasteiger partial charge >= 0.3 is 0 Å². The summed E-state index contributed by atoms with van der Waals surface area (Å²) in [6.07, 6.45) is 3.92. The van der Waals surface area contributed by atoms with Crippen LogP contribution in [-0.2, 0) is 0 Å². The molecule has 0 bridgehead atoms. The van der Waals surface area contributed by atoms with Crippen LogP contribution in [0.15, 0.2) is 78.4 Å². The first kappa shape index (κ1) is 15.4. The Hall–Kier alpha value is -3.16. The van der Waals surface area contributed by atoms with Crippen LogP contribution in [-0.4, -0.2) is 4.57 Å². The number of allylic oxidation sites excluding steroid dienone is 1. The van der Waals surface area contributed by atoms with E-state index in [1.165, 1.54) is 0 Å². The van der Waals surface area contributed by atoms with E-state index < -0.39 is 0 Å². The Morgan fingerprint density at radius 3 is 2.48 bits per heavy atom. The zero-order chi connectivity index (χ0) is 17.4. The average molecular weight is 348 g/mol. The van der Waals surface area contributed by atoms with Gasteiger partial charge in [0, 0.05) is 34.7 Å². The van der Waals surface area contributed by atoms with Crippen molar-refractivity contribution in [2.45, 2.75) is 5.92 Å². The van der Waals surface area contributed by atoms with Gasteiger partial charge in [0.25, 0.3) is 0 Å². The van der Waals surface area contributed by atoms with Crippen LogP contribution in [0.25, 0.3) is 5.69 Å².